The van der Waals surface area contributed by atoms with Gasteiger partial charge in [-0.3, -0.25) is 4.99 Å². The van der Waals surface area contributed by atoms with Crippen LogP contribution in [-0.2, 0) is 4.74 Å². The molecule has 1 aromatic rings. The lowest BCUT2D eigenvalue weighted by molar-refractivity contribution is 0.179. The zero-order chi connectivity index (χ0) is 16.4. The van der Waals surface area contributed by atoms with Crippen LogP contribution < -0.4 is 15.4 Å². The lowest BCUT2D eigenvalue weighted by atomic mass is 9.98. The summed E-state index contributed by atoms with van der Waals surface area (Å²) in [5.41, 5.74) is 1.32. The summed E-state index contributed by atoms with van der Waals surface area (Å²) in [6.45, 7) is 5.82. The van der Waals surface area contributed by atoms with Crippen LogP contribution in [0, 0.1) is 0 Å². The Hall–Kier alpha value is -1.75. The molecule has 0 bridgehead atoms. The normalized spacial score (nSPS) is 14.3. The van der Waals surface area contributed by atoms with E-state index in [1.54, 1.807) is 21.3 Å². The SMILES string of the molecule is CN=C(NCCC(C)c1ccc(OC)cc1)NC(C)COC. The fourth-order valence-electron chi connectivity index (χ4n) is 2.23. The van der Waals surface area contributed by atoms with Crippen molar-refractivity contribution in [2.24, 2.45) is 4.99 Å². The standard InChI is InChI=1S/C17H29N3O2/c1-13(15-6-8-16(22-5)9-7-15)10-11-19-17(18-3)20-14(2)12-21-4/h6-9,13-14H,10-12H2,1-5H3,(H2,18,19,20). The third-order valence-corrected chi connectivity index (χ3v) is 3.58. The second kappa shape index (κ2) is 10.1. The molecule has 2 N–H and O–H groups in total. The van der Waals surface area contributed by atoms with E-state index < -0.39 is 0 Å². The number of hydrogen-bond acceptors (Lipinski definition) is 3. The second-order valence-electron chi connectivity index (χ2n) is 5.46. The van der Waals surface area contributed by atoms with Crippen molar-refractivity contribution in [3.05, 3.63) is 29.8 Å². The second-order valence-corrected chi connectivity index (χ2v) is 5.46. The van der Waals surface area contributed by atoms with Crippen molar-refractivity contribution in [2.75, 3.05) is 34.4 Å². The van der Waals surface area contributed by atoms with Crippen molar-refractivity contribution in [3.8, 4) is 5.75 Å². The number of methoxy groups -OCH3 is 2. The van der Waals surface area contributed by atoms with Gasteiger partial charge in [0.05, 0.1) is 13.7 Å². The van der Waals surface area contributed by atoms with Gasteiger partial charge >= 0.3 is 0 Å². The molecule has 0 saturated heterocycles. The molecule has 0 aliphatic carbocycles. The molecule has 2 unspecified atom stereocenters. The molecule has 0 fully saturated rings. The first-order valence-corrected chi connectivity index (χ1v) is 7.70. The molecule has 0 amide bonds. The monoisotopic (exact) mass is 307 g/mol. The number of aliphatic imine (C=N–C) groups is 1. The molecule has 2 atom stereocenters. The molecule has 5 heteroatoms. The first kappa shape index (κ1) is 18.3. The molecule has 5 nitrogen and oxygen atoms in total. The summed E-state index contributed by atoms with van der Waals surface area (Å²) in [4.78, 5) is 4.22. The summed E-state index contributed by atoms with van der Waals surface area (Å²) >= 11 is 0. The van der Waals surface area contributed by atoms with Gasteiger partial charge in [-0.2, -0.15) is 0 Å². The molecule has 0 aliphatic rings. The zero-order valence-corrected chi connectivity index (χ0v) is 14.3. The maximum Gasteiger partial charge on any atom is 0.191 e. The highest BCUT2D eigenvalue weighted by molar-refractivity contribution is 5.79. The average molecular weight is 307 g/mol. The number of nitrogens with one attached hydrogen (secondary N) is 2. The van der Waals surface area contributed by atoms with E-state index in [0.717, 1.165) is 24.7 Å². The molecular formula is C17H29N3O2. The molecule has 124 valence electrons. The van der Waals surface area contributed by atoms with E-state index in [4.69, 9.17) is 9.47 Å². The smallest absolute Gasteiger partial charge is 0.191 e. The molecule has 22 heavy (non-hydrogen) atoms. The van der Waals surface area contributed by atoms with Crippen molar-refractivity contribution >= 4 is 5.96 Å². The van der Waals surface area contributed by atoms with Crippen LogP contribution in [0.3, 0.4) is 0 Å². The number of nitrogens with zero attached hydrogens (tertiary/aromatic N) is 1. The zero-order valence-electron chi connectivity index (χ0n) is 14.3. The summed E-state index contributed by atoms with van der Waals surface area (Å²) in [6, 6.07) is 8.49. The van der Waals surface area contributed by atoms with Gasteiger partial charge in [0.2, 0.25) is 0 Å². The summed E-state index contributed by atoms with van der Waals surface area (Å²) < 4.78 is 10.3. The molecule has 0 aromatic heterocycles. The first-order valence-electron chi connectivity index (χ1n) is 7.70. The number of benzene rings is 1. The van der Waals surface area contributed by atoms with Gasteiger partial charge < -0.3 is 20.1 Å². The van der Waals surface area contributed by atoms with E-state index in [2.05, 4.69) is 41.6 Å². The molecule has 1 aromatic carbocycles. The fourth-order valence-corrected chi connectivity index (χ4v) is 2.23. The van der Waals surface area contributed by atoms with Gasteiger partial charge in [0.1, 0.15) is 5.75 Å². The number of guanidine groups is 1. The predicted octanol–water partition coefficient (Wildman–Crippen LogP) is 2.39. The molecule has 0 heterocycles. The molecule has 0 radical (unpaired) electrons. The van der Waals surface area contributed by atoms with Crippen molar-refractivity contribution < 1.29 is 9.47 Å². The summed E-state index contributed by atoms with van der Waals surface area (Å²) in [5.74, 6) is 2.19. The topological polar surface area (TPSA) is 54.9 Å². The Labute approximate surface area is 134 Å². The van der Waals surface area contributed by atoms with Gasteiger partial charge in [-0.05, 0) is 37.0 Å². The Morgan fingerprint density at radius 2 is 1.86 bits per heavy atom. The lowest BCUT2D eigenvalue weighted by Gasteiger charge is -2.18. The highest BCUT2D eigenvalue weighted by Crippen LogP contribution is 2.21. The van der Waals surface area contributed by atoms with Gasteiger partial charge in [0.25, 0.3) is 0 Å². The van der Waals surface area contributed by atoms with Crippen molar-refractivity contribution in [1.82, 2.24) is 10.6 Å². The van der Waals surface area contributed by atoms with Crippen molar-refractivity contribution in [1.29, 1.82) is 0 Å². The van der Waals surface area contributed by atoms with E-state index in [9.17, 15) is 0 Å². The minimum Gasteiger partial charge on any atom is -0.497 e. The number of rotatable bonds is 8. The Bertz CT molecular complexity index is 446. The highest BCUT2D eigenvalue weighted by atomic mass is 16.5. The van der Waals surface area contributed by atoms with Crippen LogP contribution in [0.5, 0.6) is 5.75 Å². The third-order valence-electron chi connectivity index (χ3n) is 3.58. The Kier molecular flexibility index (Phi) is 8.36. The van der Waals surface area contributed by atoms with Gasteiger partial charge in [0.15, 0.2) is 5.96 Å². The molecule has 0 saturated carbocycles. The Morgan fingerprint density at radius 1 is 1.18 bits per heavy atom. The Balaban J connectivity index is 2.37. The highest BCUT2D eigenvalue weighted by Gasteiger charge is 2.08. The van der Waals surface area contributed by atoms with Crippen LogP contribution in [0.25, 0.3) is 0 Å². The van der Waals surface area contributed by atoms with Gasteiger partial charge in [-0.1, -0.05) is 19.1 Å². The quantitative estimate of drug-likeness (QED) is 0.572. The van der Waals surface area contributed by atoms with Crippen LogP contribution >= 0.6 is 0 Å². The summed E-state index contributed by atoms with van der Waals surface area (Å²) in [5, 5.41) is 6.63. The van der Waals surface area contributed by atoms with Crippen LogP contribution in [0.4, 0.5) is 0 Å². The van der Waals surface area contributed by atoms with E-state index in [1.807, 2.05) is 12.1 Å². The Morgan fingerprint density at radius 3 is 2.41 bits per heavy atom. The first-order chi connectivity index (χ1) is 10.6. The average Bonchev–Trinajstić information content (AvgIpc) is 2.54. The van der Waals surface area contributed by atoms with Crippen LogP contribution in [0.1, 0.15) is 31.7 Å². The summed E-state index contributed by atoms with van der Waals surface area (Å²) in [7, 11) is 5.16. The third kappa shape index (κ3) is 6.35. The van der Waals surface area contributed by atoms with E-state index in [1.165, 1.54) is 5.56 Å². The molecular weight excluding hydrogens is 278 g/mol. The lowest BCUT2D eigenvalue weighted by Crippen LogP contribution is -2.44. The largest absolute Gasteiger partial charge is 0.497 e. The van der Waals surface area contributed by atoms with Gasteiger partial charge in [0, 0.05) is 26.7 Å². The number of ether oxygens (including phenoxy) is 2. The van der Waals surface area contributed by atoms with Crippen LogP contribution in [0.2, 0.25) is 0 Å². The summed E-state index contributed by atoms with van der Waals surface area (Å²) in [6.07, 6.45) is 1.03. The minimum atomic E-state index is 0.232. The van der Waals surface area contributed by atoms with E-state index in [-0.39, 0.29) is 6.04 Å². The number of hydrogen-bond donors (Lipinski definition) is 2. The van der Waals surface area contributed by atoms with Crippen molar-refractivity contribution in [3.63, 3.8) is 0 Å². The van der Waals surface area contributed by atoms with Gasteiger partial charge in [-0.15, -0.1) is 0 Å². The van der Waals surface area contributed by atoms with Crippen LogP contribution in [-0.4, -0.2) is 46.4 Å². The minimum absolute atomic E-state index is 0.232. The predicted molar refractivity (Wildman–Crippen MR) is 91.9 cm³/mol. The van der Waals surface area contributed by atoms with E-state index in [0.29, 0.717) is 12.5 Å². The fraction of sp³-hybridized carbons (Fsp3) is 0.588. The molecule has 1 rings (SSSR count). The molecule has 0 aliphatic heterocycles. The van der Waals surface area contributed by atoms with Gasteiger partial charge in [-0.25, -0.2) is 0 Å². The molecule has 0 spiro atoms. The maximum atomic E-state index is 5.19. The van der Waals surface area contributed by atoms with Crippen molar-refractivity contribution in [2.45, 2.75) is 32.2 Å². The van der Waals surface area contributed by atoms with Crippen LogP contribution in [0.15, 0.2) is 29.3 Å². The van der Waals surface area contributed by atoms with E-state index >= 15 is 0 Å². The maximum absolute atomic E-state index is 5.19.